The standard InChI is InChI=1S/C18H18N2O/c1-20(2)13-15-12-19-18(21-15)17-11-7-6-10-16(17)14-8-4-3-5-9-14/h3-12H,13H2,1-2H3. The average Bonchev–Trinajstić information content (AvgIpc) is 2.96. The SMILES string of the molecule is CN(C)Cc1cnc(-c2ccccc2-c2ccccc2)o1. The summed E-state index contributed by atoms with van der Waals surface area (Å²) in [5, 5.41) is 0. The Hall–Kier alpha value is -2.39. The van der Waals surface area contributed by atoms with Gasteiger partial charge in [-0.2, -0.15) is 0 Å². The highest BCUT2D eigenvalue weighted by atomic mass is 16.4. The number of oxazole rings is 1. The molecule has 1 heterocycles. The second-order valence-electron chi connectivity index (χ2n) is 5.28. The molecule has 0 fully saturated rings. The van der Waals surface area contributed by atoms with Crippen molar-refractivity contribution in [1.29, 1.82) is 0 Å². The summed E-state index contributed by atoms with van der Waals surface area (Å²) in [5.74, 6) is 1.55. The van der Waals surface area contributed by atoms with Gasteiger partial charge in [-0.15, -0.1) is 0 Å². The zero-order valence-corrected chi connectivity index (χ0v) is 12.3. The highest BCUT2D eigenvalue weighted by molar-refractivity contribution is 5.79. The van der Waals surface area contributed by atoms with Gasteiger partial charge in [0.15, 0.2) is 0 Å². The predicted octanol–water partition coefficient (Wildman–Crippen LogP) is 4.07. The Morgan fingerprint density at radius 3 is 2.29 bits per heavy atom. The van der Waals surface area contributed by atoms with Gasteiger partial charge in [-0.3, -0.25) is 0 Å². The van der Waals surface area contributed by atoms with E-state index >= 15 is 0 Å². The molecule has 0 saturated carbocycles. The molecule has 0 spiro atoms. The smallest absolute Gasteiger partial charge is 0.226 e. The van der Waals surface area contributed by atoms with Gasteiger partial charge in [0, 0.05) is 5.56 Å². The first kappa shape index (κ1) is 13.6. The molecule has 0 saturated heterocycles. The summed E-state index contributed by atoms with van der Waals surface area (Å²) in [6.07, 6.45) is 1.80. The van der Waals surface area contributed by atoms with E-state index in [-0.39, 0.29) is 0 Å². The van der Waals surface area contributed by atoms with Crippen molar-refractivity contribution >= 4 is 0 Å². The van der Waals surface area contributed by atoms with E-state index in [1.165, 1.54) is 5.56 Å². The first-order valence-electron chi connectivity index (χ1n) is 6.98. The van der Waals surface area contributed by atoms with E-state index in [2.05, 4.69) is 28.1 Å². The zero-order chi connectivity index (χ0) is 14.7. The summed E-state index contributed by atoms with van der Waals surface area (Å²) in [6, 6.07) is 18.5. The molecule has 3 aromatic rings. The highest BCUT2D eigenvalue weighted by Crippen LogP contribution is 2.31. The highest BCUT2D eigenvalue weighted by Gasteiger charge is 2.12. The van der Waals surface area contributed by atoms with Gasteiger partial charge in [-0.25, -0.2) is 4.98 Å². The second-order valence-corrected chi connectivity index (χ2v) is 5.28. The lowest BCUT2D eigenvalue weighted by Gasteiger charge is -2.07. The number of hydrogen-bond acceptors (Lipinski definition) is 3. The maximum Gasteiger partial charge on any atom is 0.226 e. The largest absolute Gasteiger partial charge is 0.440 e. The van der Waals surface area contributed by atoms with Crippen LogP contribution in [0.25, 0.3) is 22.6 Å². The van der Waals surface area contributed by atoms with Crippen molar-refractivity contribution in [3.63, 3.8) is 0 Å². The van der Waals surface area contributed by atoms with Crippen molar-refractivity contribution in [2.45, 2.75) is 6.54 Å². The van der Waals surface area contributed by atoms with Crippen molar-refractivity contribution in [3.8, 4) is 22.6 Å². The number of nitrogens with zero attached hydrogens (tertiary/aromatic N) is 2. The van der Waals surface area contributed by atoms with E-state index in [4.69, 9.17) is 4.42 Å². The second kappa shape index (κ2) is 5.94. The zero-order valence-electron chi connectivity index (χ0n) is 12.3. The molecule has 0 bridgehead atoms. The van der Waals surface area contributed by atoms with Crippen molar-refractivity contribution in [2.75, 3.05) is 14.1 Å². The summed E-state index contributed by atoms with van der Waals surface area (Å²) < 4.78 is 5.89. The molecule has 0 aliphatic rings. The minimum absolute atomic E-state index is 0.673. The average molecular weight is 278 g/mol. The van der Waals surface area contributed by atoms with Crippen molar-refractivity contribution in [3.05, 3.63) is 66.6 Å². The monoisotopic (exact) mass is 278 g/mol. The van der Waals surface area contributed by atoms with Gasteiger partial charge in [0.25, 0.3) is 0 Å². The molecule has 0 unspecified atom stereocenters. The van der Waals surface area contributed by atoms with Gasteiger partial charge in [0.1, 0.15) is 5.76 Å². The number of hydrogen-bond donors (Lipinski definition) is 0. The Morgan fingerprint density at radius 2 is 1.57 bits per heavy atom. The van der Waals surface area contributed by atoms with Gasteiger partial charge in [-0.1, -0.05) is 48.5 Å². The molecule has 21 heavy (non-hydrogen) atoms. The lowest BCUT2D eigenvalue weighted by Crippen LogP contribution is -2.09. The molecular formula is C18H18N2O. The fourth-order valence-corrected chi connectivity index (χ4v) is 2.36. The Balaban J connectivity index is 2.01. The van der Waals surface area contributed by atoms with E-state index in [0.29, 0.717) is 5.89 Å². The first-order valence-corrected chi connectivity index (χ1v) is 6.98. The van der Waals surface area contributed by atoms with Crippen LogP contribution in [0.1, 0.15) is 5.76 Å². The van der Waals surface area contributed by atoms with Crippen LogP contribution in [0.3, 0.4) is 0 Å². The third kappa shape index (κ3) is 3.03. The minimum Gasteiger partial charge on any atom is -0.440 e. The molecule has 3 rings (SSSR count). The van der Waals surface area contributed by atoms with Crippen LogP contribution in [-0.2, 0) is 6.54 Å². The summed E-state index contributed by atoms with van der Waals surface area (Å²) in [5.41, 5.74) is 3.32. The molecule has 0 amide bonds. The van der Waals surface area contributed by atoms with Crippen LogP contribution in [0, 0.1) is 0 Å². The maximum atomic E-state index is 5.89. The molecule has 1 aromatic heterocycles. The van der Waals surface area contributed by atoms with E-state index in [1.807, 2.05) is 50.5 Å². The molecule has 0 aliphatic carbocycles. The summed E-state index contributed by atoms with van der Waals surface area (Å²) in [7, 11) is 4.03. The van der Waals surface area contributed by atoms with E-state index in [9.17, 15) is 0 Å². The minimum atomic E-state index is 0.673. The molecule has 2 aromatic carbocycles. The van der Waals surface area contributed by atoms with E-state index in [1.54, 1.807) is 6.20 Å². The lowest BCUT2D eigenvalue weighted by molar-refractivity contribution is 0.353. The Labute approximate surface area is 124 Å². The molecule has 3 nitrogen and oxygen atoms in total. The molecule has 0 radical (unpaired) electrons. The maximum absolute atomic E-state index is 5.89. The van der Waals surface area contributed by atoms with Gasteiger partial charge in [0.05, 0.1) is 12.7 Å². The van der Waals surface area contributed by atoms with Crippen LogP contribution >= 0.6 is 0 Å². The molecule has 106 valence electrons. The van der Waals surface area contributed by atoms with Crippen molar-refractivity contribution < 1.29 is 4.42 Å². The topological polar surface area (TPSA) is 29.3 Å². The summed E-state index contributed by atoms with van der Waals surface area (Å²) in [4.78, 5) is 6.50. The van der Waals surface area contributed by atoms with Crippen LogP contribution in [0.2, 0.25) is 0 Å². The van der Waals surface area contributed by atoms with Crippen LogP contribution < -0.4 is 0 Å². The Morgan fingerprint density at radius 1 is 0.905 bits per heavy atom. The number of aromatic nitrogens is 1. The first-order chi connectivity index (χ1) is 10.2. The molecule has 3 heteroatoms. The van der Waals surface area contributed by atoms with Crippen molar-refractivity contribution in [2.24, 2.45) is 0 Å². The van der Waals surface area contributed by atoms with Gasteiger partial charge in [0.2, 0.25) is 5.89 Å². The van der Waals surface area contributed by atoms with Gasteiger partial charge < -0.3 is 9.32 Å². The van der Waals surface area contributed by atoms with Crippen LogP contribution in [-0.4, -0.2) is 24.0 Å². The number of rotatable bonds is 4. The third-order valence-corrected chi connectivity index (χ3v) is 3.27. The fourth-order valence-electron chi connectivity index (χ4n) is 2.36. The molecular weight excluding hydrogens is 260 g/mol. The Bertz CT molecular complexity index is 717. The summed E-state index contributed by atoms with van der Waals surface area (Å²) >= 11 is 0. The van der Waals surface area contributed by atoms with Crippen LogP contribution in [0.4, 0.5) is 0 Å². The predicted molar refractivity (Wildman–Crippen MR) is 84.8 cm³/mol. The quantitative estimate of drug-likeness (QED) is 0.720. The fraction of sp³-hybridized carbons (Fsp3) is 0.167. The van der Waals surface area contributed by atoms with Crippen LogP contribution in [0.5, 0.6) is 0 Å². The lowest BCUT2D eigenvalue weighted by atomic mass is 10.00. The van der Waals surface area contributed by atoms with Crippen LogP contribution in [0.15, 0.2) is 65.2 Å². The molecule has 0 N–H and O–H groups in total. The van der Waals surface area contributed by atoms with Gasteiger partial charge >= 0.3 is 0 Å². The Kier molecular flexibility index (Phi) is 3.84. The van der Waals surface area contributed by atoms with E-state index in [0.717, 1.165) is 23.4 Å². The van der Waals surface area contributed by atoms with Crippen molar-refractivity contribution in [1.82, 2.24) is 9.88 Å². The van der Waals surface area contributed by atoms with E-state index < -0.39 is 0 Å². The summed E-state index contributed by atoms with van der Waals surface area (Å²) in [6.45, 7) is 0.750. The third-order valence-electron chi connectivity index (χ3n) is 3.27. The molecule has 0 aliphatic heterocycles. The van der Waals surface area contributed by atoms with Gasteiger partial charge in [-0.05, 0) is 31.3 Å². The molecule has 0 atom stereocenters. The number of benzene rings is 2. The normalized spacial score (nSPS) is 11.0.